The second kappa shape index (κ2) is 6.03. The van der Waals surface area contributed by atoms with Crippen LogP contribution in [-0.2, 0) is 12.8 Å². The van der Waals surface area contributed by atoms with Crippen molar-refractivity contribution < 1.29 is 9.14 Å². The van der Waals surface area contributed by atoms with E-state index in [0.717, 1.165) is 58.8 Å². The predicted molar refractivity (Wildman–Crippen MR) is 104 cm³/mol. The minimum atomic E-state index is 0.763. The maximum absolute atomic E-state index is 9.85. The van der Waals surface area contributed by atoms with E-state index in [1.807, 2.05) is 42.5 Å². The number of benzene rings is 2. The van der Waals surface area contributed by atoms with E-state index >= 15 is 0 Å². The van der Waals surface area contributed by atoms with Crippen LogP contribution in [0.4, 0.5) is 11.5 Å². The summed E-state index contributed by atoms with van der Waals surface area (Å²) in [5.74, 6) is 1.87. The number of para-hydroxylation sites is 2. The van der Waals surface area contributed by atoms with Crippen LogP contribution in [0.25, 0.3) is 16.7 Å². The van der Waals surface area contributed by atoms with Gasteiger partial charge in [0.1, 0.15) is 28.4 Å². The quantitative estimate of drug-likeness (QED) is 0.546. The topological polar surface area (TPSA) is 64.9 Å². The minimum absolute atomic E-state index is 0.763. The zero-order valence-electron chi connectivity index (χ0n) is 15.0. The summed E-state index contributed by atoms with van der Waals surface area (Å²) >= 11 is 0. The van der Waals surface area contributed by atoms with Crippen molar-refractivity contribution in [3.05, 3.63) is 65.2 Å². The number of aromatic amines is 1. The highest BCUT2D eigenvalue weighted by Crippen LogP contribution is 2.34. The lowest BCUT2D eigenvalue weighted by molar-refractivity contribution is -0.465. The van der Waals surface area contributed by atoms with Crippen LogP contribution in [0.2, 0.25) is 0 Å². The van der Waals surface area contributed by atoms with Crippen LogP contribution in [0.5, 0.6) is 5.75 Å². The number of hydrogen-bond acceptors (Lipinski definition) is 3. The van der Waals surface area contributed by atoms with Gasteiger partial charge in [-0.1, -0.05) is 12.1 Å². The number of fused-ring (bicyclic) bond motifs is 4. The molecule has 2 N–H and O–H groups in total. The van der Waals surface area contributed by atoms with Gasteiger partial charge in [-0.2, -0.15) is 9.66 Å². The molecule has 0 fully saturated rings. The van der Waals surface area contributed by atoms with Crippen molar-refractivity contribution in [1.29, 1.82) is 5.26 Å². The molecular formula is C22H19N4O+. The van der Waals surface area contributed by atoms with Gasteiger partial charge in [0.15, 0.2) is 0 Å². The second-order valence-corrected chi connectivity index (χ2v) is 6.83. The molecule has 27 heavy (non-hydrogen) atoms. The van der Waals surface area contributed by atoms with E-state index < -0.39 is 0 Å². The standard InChI is InChI=1S/C22H18N4O/c1-27-15-11-9-14(10-12-15)24-21-17-6-4-5-16(17)18(13-23)22-25-19-7-2-3-8-20(19)26(21)22/h2-3,7-12H,4-6H2,1H3,(H,24,25)/p+1. The van der Waals surface area contributed by atoms with Crippen molar-refractivity contribution in [2.24, 2.45) is 0 Å². The highest BCUT2D eigenvalue weighted by Gasteiger charge is 2.29. The number of nitrogens with one attached hydrogen (secondary N) is 2. The van der Waals surface area contributed by atoms with Gasteiger partial charge < -0.3 is 4.74 Å². The summed E-state index contributed by atoms with van der Waals surface area (Å²) in [5.41, 5.74) is 7.11. The van der Waals surface area contributed by atoms with Crippen molar-refractivity contribution >= 4 is 28.2 Å². The summed E-state index contributed by atoms with van der Waals surface area (Å²) in [5, 5.41) is 13.5. The maximum Gasteiger partial charge on any atom is 0.250 e. The second-order valence-electron chi connectivity index (χ2n) is 6.83. The summed E-state index contributed by atoms with van der Waals surface area (Å²) in [6, 6.07) is 18.5. The van der Waals surface area contributed by atoms with Gasteiger partial charge in [-0.15, -0.1) is 0 Å². The van der Waals surface area contributed by atoms with E-state index in [-0.39, 0.29) is 0 Å². The molecule has 0 unspecified atom stereocenters. The zero-order chi connectivity index (χ0) is 18.4. The molecule has 5 rings (SSSR count). The number of hydrogen-bond donors (Lipinski definition) is 2. The van der Waals surface area contributed by atoms with Gasteiger partial charge >= 0.3 is 0 Å². The Kier molecular flexibility index (Phi) is 3.51. The Labute approximate surface area is 156 Å². The molecule has 0 aliphatic heterocycles. The third-order valence-electron chi connectivity index (χ3n) is 5.35. The third kappa shape index (κ3) is 2.34. The lowest BCUT2D eigenvalue weighted by Crippen LogP contribution is -2.28. The van der Waals surface area contributed by atoms with Crippen LogP contribution in [0, 0.1) is 11.3 Å². The third-order valence-corrected chi connectivity index (χ3v) is 5.35. The van der Waals surface area contributed by atoms with Gasteiger partial charge in [0.25, 0.3) is 0 Å². The minimum Gasteiger partial charge on any atom is -0.497 e. The van der Waals surface area contributed by atoms with Crippen molar-refractivity contribution in [3.63, 3.8) is 0 Å². The van der Waals surface area contributed by atoms with E-state index in [1.54, 1.807) is 7.11 Å². The summed E-state index contributed by atoms with van der Waals surface area (Å²) in [6.07, 6.45) is 3.00. The lowest BCUT2D eigenvalue weighted by atomic mass is 10.1. The first-order valence-electron chi connectivity index (χ1n) is 9.11. The molecule has 0 amide bonds. The Balaban J connectivity index is 1.80. The molecule has 0 atom stereocenters. The van der Waals surface area contributed by atoms with Crippen molar-refractivity contribution in [2.45, 2.75) is 19.3 Å². The Hall–Kier alpha value is -3.52. The molecule has 0 saturated carbocycles. The highest BCUT2D eigenvalue weighted by atomic mass is 16.5. The fourth-order valence-electron chi connectivity index (χ4n) is 4.11. The largest absolute Gasteiger partial charge is 0.497 e. The molecule has 5 heteroatoms. The fourth-order valence-corrected chi connectivity index (χ4v) is 4.11. The zero-order valence-corrected chi connectivity index (χ0v) is 15.0. The van der Waals surface area contributed by atoms with Gasteiger partial charge in [-0.05, 0) is 61.2 Å². The predicted octanol–water partition coefficient (Wildman–Crippen LogP) is 4.02. The van der Waals surface area contributed by atoms with Crippen LogP contribution >= 0.6 is 0 Å². The van der Waals surface area contributed by atoms with Gasteiger partial charge in [-0.25, -0.2) is 0 Å². The summed E-state index contributed by atoms with van der Waals surface area (Å²) in [6.45, 7) is 0. The molecule has 1 aliphatic carbocycles. The number of aromatic nitrogens is 2. The van der Waals surface area contributed by atoms with Gasteiger partial charge in [0.05, 0.1) is 12.8 Å². The SMILES string of the molecule is COc1ccc(Nc2c3c(c(C#N)c4[nH]c5ccccc5[n+]24)CCC3)cc1. The van der Waals surface area contributed by atoms with E-state index in [4.69, 9.17) is 4.74 Å². The average Bonchev–Trinajstić information content (AvgIpc) is 3.33. The molecular weight excluding hydrogens is 336 g/mol. The Morgan fingerprint density at radius 2 is 1.85 bits per heavy atom. The van der Waals surface area contributed by atoms with E-state index in [2.05, 4.69) is 26.8 Å². The molecule has 0 saturated heterocycles. The smallest absolute Gasteiger partial charge is 0.250 e. The number of imidazole rings is 1. The van der Waals surface area contributed by atoms with E-state index in [9.17, 15) is 5.26 Å². The normalized spacial score (nSPS) is 12.9. The number of ether oxygens (including phenoxy) is 1. The number of anilines is 2. The number of nitrogens with zero attached hydrogens (tertiary/aromatic N) is 2. The van der Waals surface area contributed by atoms with Gasteiger partial charge in [-0.3, -0.25) is 10.3 Å². The Bertz CT molecular complexity index is 1220. The first kappa shape index (κ1) is 15.7. The molecule has 5 nitrogen and oxygen atoms in total. The van der Waals surface area contributed by atoms with Gasteiger partial charge in [0.2, 0.25) is 11.5 Å². The summed E-state index contributed by atoms with van der Waals surface area (Å²) < 4.78 is 7.42. The number of nitriles is 1. The fraction of sp³-hybridized carbons (Fsp3) is 0.182. The number of H-pyrrole nitrogens is 1. The van der Waals surface area contributed by atoms with E-state index in [1.165, 1.54) is 11.1 Å². The van der Waals surface area contributed by atoms with E-state index in [0.29, 0.717) is 0 Å². The molecule has 0 radical (unpaired) electrons. The van der Waals surface area contributed by atoms with Crippen molar-refractivity contribution in [3.8, 4) is 11.8 Å². The molecule has 2 aromatic heterocycles. The van der Waals surface area contributed by atoms with Crippen LogP contribution in [0.1, 0.15) is 23.1 Å². The first-order valence-corrected chi connectivity index (χ1v) is 9.11. The summed E-state index contributed by atoms with van der Waals surface area (Å²) in [7, 11) is 1.67. The monoisotopic (exact) mass is 355 g/mol. The van der Waals surface area contributed by atoms with Crippen LogP contribution in [0.15, 0.2) is 48.5 Å². The molecule has 0 spiro atoms. The highest BCUT2D eigenvalue weighted by molar-refractivity contribution is 5.79. The molecule has 0 bridgehead atoms. The van der Waals surface area contributed by atoms with Crippen molar-refractivity contribution in [2.75, 3.05) is 12.4 Å². The Morgan fingerprint density at radius 1 is 1.07 bits per heavy atom. The Morgan fingerprint density at radius 3 is 2.63 bits per heavy atom. The van der Waals surface area contributed by atoms with Crippen LogP contribution < -0.4 is 14.5 Å². The lowest BCUT2D eigenvalue weighted by Gasteiger charge is -2.11. The molecule has 1 aliphatic rings. The molecule has 2 heterocycles. The maximum atomic E-state index is 9.85. The number of pyridine rings is 1. The molecule has 132 valence electrons. The average molecular weight is 355 g/mol. The first-order chi connectivity index (χ1) is 13.3. The number of methoxy groups -OCH3 is 1. The number of rotatable bonds is 3. The summed E-state index contributed by atoms with van der Waals surface area (Å²) in [4.78, 5) is 3.45. The van der Waals surface area contributed by atoms with Crippen LogP contribution in [-0.4, -0.2) is 12.1 Å². The van der Waals surface area contributed by atoms with Gasteiger partial charge in [0, 0.05) is 5.56 Å². The van der Waals surface area contributed by atoms with Crippen molar-refractivity contribution in [1.82, 2.24) is 4.98 Å². The molecule has 4 aromatic rings. The molecule has 2 aromatic carbocycles. The van der Waals surface area contributed by atoms with Crippen LogP contribution in [0.3, 0.4) is 0 Å².